The lowest BCUT2D eigenvalue weighted by atomic mass is 10.0. The number of aromatic nitrogens is 2. The molecule has 3 heterocycles. The monoisotopic (exact) mass is 322 g/mol. The molecule has 1 aliphatic rings. The third-order valence-electron chi connectivity index (χ3n) is 3.49. The molecule has 0 aliphatic carbocycles. The number of nitrogen functional groups attached to an aromatic ring is 1. The second-order valence-corrected chi connectivity index (χ2v) is 5.09. The first-order valence-corrected chi connectivity index (χ1v) is 7.22. The number of methoxy groups -OCH3 is 1. The Labute approximate surface area is 138 Å². The summed E-state index contributed by atoms with van der Waals surface area (Å²) in [6.45, 7) is 0.254. The third-order valence-corrected chi connectivity index (χ3v) is 3.49. The standard InChI is InChI=1S/C17H14N4O3/c1-24-17(23)21-8-7-14(22)13-9-11(10-19-16(13)21)5-6-12-3-2-4-15(18)20-12/h2-4,9-10H,7-8H2,1H3,(H2,18,20). The van der Waals surface area contributed by atoms with Gasteiger partial charge in [0.1, 0.15) is 17.3 Å². The molecule has 0 spiro atoms. The van der Waals surface area contributed by atoms with Gasteiger partial charge < -0.3 is 10.5 Å². The summed E-state index contributed by atoms with van der Waals surface area (Å²) in [6, 6.07) is 6.79. The topological polar surface area (TPSA) is 98.4 Å². The van der Waals surface area contributed by atoms with Crippen LogP contribution in [0.1, 0.15) is 28.0 Å². The Morgan fingerprint density at radius 2 is 2.21 bits per heavy atom. The number of pyridine rings is 2. The Balaban J connectivity index is 1.95. The lowest BCUT2D eigenvalue weighted by Crippen LogP contribution is -2.38. The number of hydrogen-bond donors (Lipinski definition) is 1. The van der Waals surface area contributed by atoms with Crippen molar-refractivity contribution in [3.63, 3.8) is 0 Å². The quantitative estimate of drug-likeness (QED) is 0.740. The zero-order valence-corrected chi connectivity index (χ0v) is 12.9. The molecule has 0 fully saturated rings. The molecule has 2 aromatic heterocycles. The third kappa shape index (κ3) is 3.03. The molecule has 0 atom stereocenters. The first-order valence-electron chi connectivity index (χ1n) is 7.22. The first-order chi connectivity index (χ1) is 11.6. The van der Waals surface area contributed by atoms with Crippen molar-refractivity contribution in [1.82, 2.24) is 9.97 Å². The maximum absolute atomic E-state index is 12.1. The van der Waals surface area contributed by atoms with Crippen LogP contribution in [-0.2, 0) is 4.74 Å². The molecule has 0 unspecified atom stereocenters. The van der Waals surface area contributed by atoms with Crippen molar-refractivity contribution in [2.45, 2.75) is 6.42 Å². The second kappa shape index (κ2) is 6.38. The number of nitrogens with zero attached hydrogens (tertiary/aromatic N) is 3. The molecule has 0 aromatic carbocycles. The number of nitrogens with two attached hydrogens (primary N) is 1. The number of carbonyl (C=O) groups excluding carboxylic acids is 2. The number of rotatable bonds is 0. The van der Waals surface area contributed by atoms with Gasteiger partial charge in [-0.1, -0.05) is 12.0 Å². The van der Waals surface area contributed by atoms with Gasteiger partial charge in [-0.3, -0.25) is 9.69 Å². The van der Waals surface area contributed by atoms with E-state index in [2.05, 4.69) is 21.8 Å². The van der Waals surface area contributed by atoms with Crippen LogP contribution >= 0.6 is 0 Å². The Kier molecular flexibility index (Phi) is 4.12. The van der Waals surface area contributed by atoms with Gasteiger partial charge in [-0.25, -0.2) is 14.8 Å². The summed E-state index contributed by atoms with van der Waals surface area (Å²) in [5, 5.41) is 0. The first kappa shape index (κ1) is 15.5. The van der Waals surface area contributed by atoms with Gasteiger partial charge in [0.25, 0.3) is 0 Å². The van der Waals surface area contributed by atoms with Gasteiger partial charge >= 0.3 is 6.09 Å². The number of Topliss-reactive ketones (excluding diaryl/α,β-unsaturated/α-hetero) is 1. The van der Waals surface area contributed by atoms with E-state index in [9.17, 15) is 9.59 Å². The van der Waals surface area contributed by atoms with Crippen LogP contribution in [0.25, 0.3) is 0 Å². The number of ether oxygens (including phenoxy) is 1. The SMILES string of the molecule is COC(=O)N1CCC(=O)c2cc(C#Cc3cccc(N)n3)cnc21. The van der Waals surface area contributed by atoms with Crippen LogP contribution in [0.3, 0.4) is 0 Å². The number of ketones is 1. The molecule has 0 radical (unpaired) electrons. The molecule has 24 heavy (non-hydrogen) atoms. The average Bonchev–Trinajstić information content (AvgIpc) is 2.60. The van der Waals surface area contributed by atoms with Crippen LogP contribution < -0.4 is 10.6 Å². The molecule has 3 rings (SSSR count). The van der Waals surface area contributed by atoms with Crippen LogP contribution in [0.15, 0.2) is 30.5 Å². The van der Waals surface area contributed by atoms with Crippen molar-refractivity contribution < 1.29 is 14.3 Å². The van der Waals surface area contributed by atoms with Crippen molar-refractivity contribution in [2.75, 3.05) is 24.3 Å². The number of anilines is 2. The Hall–Kier alpha value is -3.40. The molecule has 7 heteroatoms. The minimum absolute atomic E-state index is 0.0802. The van der Waals surface area contributed by atoms with Crippen LogP contribution in [-0.4, -0.2) is 35.5 Å². The molecule has 2 aromatic rings. The van der Waals surface area contributed by atoms with Crippen LogP contribution in [0.5, 0.6) is 0 Å². The zero-order valence-electron chi connectivity index (χ0n) is 12.9. The smallest absolute Gasteiger partial charge is 0.415 e. The molecule has 0 saturated carbocycles. The van der Waals surface area contributed by atoms with Gasteiger partial charge in [0.05, 0.1) is 12.7 Å². The van der Waals surface area contributed by atoms with E-state index < -0.39 is 6.09 Å². The van der Waals surface area contributed by atoms with E-state index in [-0.39, 0.29) is 18.7 Å². The summed E-state index contributed by atoms with van der Waals surface area (Å²) < 4.78 is 4.72. The highest BCUT2D eigenvalue weighted by molar-refractivity contribution is 6.06. The number of carbonyl (C=O) groups is 2. The molecular formula is C17H14N4O3. The van der Waals surface area contributed by atoms with Crippen molar-refractivity contribution in [2.24, 2.45) is 0 Å². The molecule has 7 nitrogen and oxygen atoms in total. The fourth-order valence-corrected chi connectivity index (χ4v) is 2.35. The highest BCUT2D eigenvalue weighted by atomic mass is 16.5. The molecule has 1 amide bonds. The summed E-state index contributed by atoms with van der Waals surface area (Å²) in [5.74, 6) is 6.37. The zero-order chi connectivity index (χ0) is 17.1. The number of fused-ring (bicyclic) bond motifs is 1. The maximum atomic E-state index is 12.1. The van der Waals surface area contributed by atoms with Gasteiger partial charge in [-0.15, -0.1) is 0 Å². The molecule has 120 valence electrons. The van der Waals surface area contributed by atoms with Gasteiger partial charge in [-0.2, -0.15) is 0 Å². The van der Waals surface area contributed by atoms with E-state index in [1.807, 2.05) is 0 Å². The predicted molar refractivity (Wildman–Crippen MR) is 87.6 cm³/mol. The summed E-state index contributed by atoms with van der Waals surface area (Å²) in [4.78, 5) is 33.5. The molecule has 0 saturated heterocycles. The summed E-state index contributed by atoms with van der Waals surface area (Å²) >= 11 is 0. The van der Waals surface area contributed by atoms with E-state index in [1.54, 1.807) is 24.3 Å². The van der Waals surface area contributed by atoms with E-state index in [0.29, 0.717) is 28.5 Å². The summed E-state index contributed by atoms with van der Waals surface area (Å²) in [7, 11) is 1.29. The van der Waals surface area contributed by atoms with Gasteiger partial charge in [0, 0.05) is 24.7 Å². The number of hydrogen-bond acceptors (Lipinski definition) is 6. The Morgan fingerprint density at radius 3 is 2.96 bits per heavy atom. The minimum atomic E-state index is -0.543. The van der Waals surface area contributed by atoms with Gasteiger partial charge in [0.2, 0.25) is 0 Å². The molecule has 0 bridgehead atoms. The minimum Gasteiger partial charge on any atom is -0.452 e. The summed E-state index contributed by atoms with van der Waals surface area (Å²) in [6.07, 6.45) is 1.18. The van der Waals surface area contributed by atoms with Crippen LogP contribution in [0, 0.1) is 11.8 Å². The molecule has 1 aliphatic heterocycles. The Bertz CT molecular complexity index is 883. The normalized spacial score (nSPS) is 12.9. The summed E-state index contributed by atoms with van der Waals surface area (Å²) in [5.41, 5.74) is 7.05. The Morgan fingerprint density at radius 1 is 1.38 bits per heavy atom. The van der Waals surface area contributed by atoms with Crippen molar-refractivity contribution in [1.29, 1.82) is 0 Å². The fourth-order valence-electron chi connectivity index (χ4n) is 2.35. The highest BCUT2D eigenvalue weighted by Crippen LogP contribution is 2.25. The van der Waals surface area contributed by atoms with E-state index >= 15 is 0 Å². The lowest BCUT2D eigenvalue weighted by molar-refractivity contribution is 0.0978. The fraction of sp³-hybridized carbons (Fsp3) is 0.176. The van der Waals surface area contributed by atoms with Crippen molar-refractivity contribution >= 4 is 23.5 Å². The molecule has 2 N–H and O–H groups in total. The maximum Gasteiger partial charge on any atom is 0.415 e. The predicted octanol–water partition coefficient (Wildman–Crippen LogP) is 1.62. The lowest BCUT2D eigenvalue weighted by Gasteiger charge is -2.26. The highest BCUT2D eigenvalue weighted by Gasteiger charge is 2.29. The van der Waals surface area contributed by atoms with Gasteiger partial charge in [-0.05, 0) is 24.1 Å². The number of amides is 1. The van der Waals surface area contributed by atoms with E-state index in [1.165, 1.54) is 18.2 Å². The second-order valence-electron chi connectivity index (χ2n) is 5.09. The largest absolute Gasteiger partial charge is 0.452 e. The van der Waals surface area contributed by atoms with E-state index in [0.717, 1.165) is 0 Å². The van der Waals surface area contributed by atoms with Gasteiger partial charge in [0.15, 0.2) is 5.78 Å². The molecular weight excluding hydrogens is 308 g/mol. The van der Waals surface area contributed by atoms with Crippen molar-refractivity contribution in [3.8, 4) is 11.8 Å². The average molecular weight is 322 g/mol. The van der Waals surface area contributed by atoms with Crippen LogP contribution in [0.4, 0.5) is 16.4 Å². The van der Waals surface area contributed by atoms with Crippen molar-refractivity contribution in [3.05, 3.63) is 47.3 Å². The van der Waals surface area contributed by atoms with E-state index in [4.69, 9.17) is 10.5 Å². The van der Waals surface area contributed by atoms with Crippen LogP contribution in [0.2, 0.25) is 0 Å².